The molecule has 1 saturated heterocycles. The topological polar surface area (TPSA) is 36.1 Å². The van der Waals surface area contributed by atoms with E-state index in [0.29, 0.717) is 6.54 Å². The van der Waals surface area contributed by atoms with Crippen LogP contribution < -0.4 is 5.56 Å². The lowest BCUT2D eigenvalue weighted by Crippen LogP contribution is -2.33. The van der Waals surface area contributed by atoms with Crippen molar-refractivity contribution in [3.63, 3.8) is 0 Å². The number of halogens is 2. The summed E-state index contributed by atoms with van der Waals surface area (Å²) >= 11 is 0. The van der Waals surface area contributed by atoms with Gasteiger partial charge in [0, 0.05) is 24.8 Å². The molecule has 2 aromatic rings. The van der Waals surface area contributed by atoms with Crippen molar-refractivity contribution in [1.82, 2.24) is 9.88 Å². The van der Waals surface area contributed by atoms with Crippen molar-refractivity contribution in [2.75, 3.05) is 6.54 Å². The lowest BCUT2D eigenvalue weighted by atomic mass is 9.96. The molecule has 0 spiro atoms. The van der Waals surface area contributed by atoms with E-state index in [1.165, 1.54) is 18.2 Å². The van der Waals surface area contributed by atoms with Crippen molar-refractivity contribution in [2.45, 2.75) is 31.8 Å². The highest BCUT2D eigenvalue weighted by Crippen LogP contribution is 2.31. The Hall–Kier alpha value is -2.01. The van der Waals surface area contributed by atoms with Crippen LogP contribution in [0.4, 0.5) is 8.78 Å². The Morgan fingerprint density at radius 2 is 2.00 bits per heavy atom. The van der Waals surface area contributed by atoms with Crippen LogP contribution in [-0.4, -0.2) is 16.4 Å². The van der Waals surface area contributed by atoms with Crippen LogP contribution in [0.2, 0.25) is 0 Å². The van der Waals surface area contributed by atoms with E-state index in [0.717, 1.165) is 36.9 Å². The normalized spacial score (nSPS) is 19.3. The van der Waals surface area contributed by atoms with Crippen LogP contribution in [0.5, 0.6) is 0 Å². The second-order valence-corrected chi connectivity index (χ2v) is 5.72. The second-order valence-electron chi connectivity index (χ2n) is 5.72. The molecule has 1 aliphatic heterocycles. The number of nitrogens with one attached hydrogen (secondary N) is 1. The Kier molecular flexibility index (Phi) is 4.34. The molecular formula is C17H18F2N2O. The maximum Gasteiger partial charge on any atom is 0.247 e. The average molecular weight is 304 g/mol. The molecule has 5 heteroatoms. The van der Waals surface area contributed by atoms with Crippen molar-refractivity contribution < 1.29 is 8.78 Å². The third-order valence-electron chi connectivity index (χ3n) is 4.18. The highest BCUT2D eigenvalue weighted by Gasteiger charge is 2.24. The summed E-state index contributed by atoms with van der Waals surface area (Å²) in [6, 6.07) is 7.61. The second kappa shape index (κ2) is 6.40. The maximum atomic E-state index is 13.4. The van der Waals surface area contributed by atoms with E-state index in [4.69, 9.17) is 0 Å². The minimum absolute atomic E-state index is 0.119. The number of pyridine rings is 1. The monoisotopic (exact) mass is 304 g/mol. The van der Waals surface area contributed by atoms with E-state index >= 15 is 0 Å². The van der Waals surface area contributed by atoms with Gasteiger partial charge in [-0.2, -0.15) is 0 Å². The zero-order valence-corrected chi connectivity index (χ0v) is 12.2. The smallest absolute Gasteiger partial charge is 0.247 e. The number of rotatable bonds is 3. The fourth-order valence-corrected chi connectivity index (χ4v) is 3.06. The Morgan fingerprint density at radius 3 is 2.73 bits per heavy atom. The molecule has 1 aromatic carbocycles. The molecule has 116 valence electrons. The zero-order valence-electron chi connectivity index (χ0n) is 12.2. The van der Waals surface area contributed by atoms with Crippen molar-refractivity contribution in [3.8, 4) is 0 Å². The van der Waals surface area contributed by atoms with Crippen LogP contribution in [0.25, 0.3) is 0 Å². The molecule has 0 aliphatic carbocycles. The molecule has 1 atom stereocenters. The first kappa shape index (κ1) is 14.9. The Morgan fingerprint density at radius 1 is 1.14 bits per heavy atom. The van der Waals surface area contributed by atoms with Crippen molar-refractivity contribution in [2.24, 2.45) is 0 Å². The van der Waals surface area contributed by atoms with Gasteiger partial charge in [-0.25, -0.2) is 8.78 Å². The van der Waals surface area contributed by atoms with Gasteiger partial charge in [-0.05, 0) is 42.6 Å². The Labute approximate surface area is 127 Å². The molecule has 0 bridgehead atoms. The summed E-state index contributed by atoms with van der Waals surface area (Å²) < 4.78 is 26.4. The molecule has 22 heavy (non-hydrogen) atoms. The Balaban J connectivity index is 1.81. The highest BCUT2D eigenvalue weighted by atomic mass is 19.2. The number of benzene rings is 1. The first-order chi connectivity index (χ1) is 10.6. The quantitative estimate of drug-likeness (QED) is 0.943. The number of aromatic nitrogens is 1. The minimum atomic E-state index is -0.820. The van der Waals surface area contributed by atoms with E-state index in [9.17, 15) is 13.6 Å². The fraction of sp³-hybridized carbons (Fsp3) is 0.353. The molecule has 3 nitrogen and oxygen atoms in total. The zero-order chi connectivity index (χ0) is 15.5. The van der Waals surface area contributed by atoms with E-state index in [-0.39, 0.29) is 11.6 Å². The number of nitrogens with zero attached hydrogens (tertiary/aromatic N) is 1. The first-order valence-corrected chi connectivity index (χ1v) is 7.50. The molecule has 0 saturated carbocycles. The number of hydrogen-bond acceptors (Lipinski definition) is 2. The molecule has 1 fully saturated rings. The summed E-state index contributed by atoms with van der Waals surface area (Å²) in [6.07, 6.45) is 4.95. The summed E-state index contributed by atoms with van der Waals surface area (Å²) in [4.78, 5) is 16.2. The van der Waals surface area contributed by atoms with E-state index in [2.05, 4.69) is 9.88 Å². The third kappa shape index (κ3) is 3.25. The average Bonchev–Trinajstić information content (AvgIpc) is 2.52. The van der Waals surface area contributed by atoms with E-state index in [1.807, 2.05) is 6.07 Å². The van der Waals surface area contributed by atoms with Gasteiger partial charge in [0.05, 0.1) is 0 Å². The summed E-state index contributed by atoms with van der Waals surface area (Å²) in [7, 11) is 0. The van der Waals surface area contributed by atoms with Crippen molar-refractivity contribution >= 4 is 0 Å². The number of likely N-dealkylation sites (tertiary alicyclic amines) is 1. The minimum Gasteiger partial charge on any atom is -0.329 e. The molecule has 1 aliphatic rings. The van der Waals surface area contributed by atoms with Gasteiger partial charge in [0.2, 0.25) is 5.56 Å². The van der Waals surface area contributed by atoms with Crippen LogP contribution in [0, 0.1) is 11.6 Å². The largest absolute Gasteiger partial charge is 0.329 e. The van der Waals surface area contributed by atoms with Crippen LogP contribution in [0.15, 0.2) is 41.3 Å². The Bertz CT molecular complexity index is 694. The molecule has 0 radical (unpaired) electrons. The maximum absolute atomic E-state index is 13.4. The molecular weight excluding hydrogens is 286 g/mol. The molecule has 1 unspecified atom stereocenters. The van der Waals surface area contributed by atoms with Gasteiger partial charge in [-0.3, -0.25) is 9.69 Å². The number of aromatic amines is 1. The molecule has 1 N–H and O–H groups in total. The molecule has 0 amide bonds. The van der Waals surface area contributed by atoms with E-state index < -0.39 is 11.6 Å². The van der Waals surface area contributed by atoms with Gasteiger partial charge in [-0.1, -0.05) is 18.6 Å². The summed E-state index contributed by atoms with van der Waals surface area (Å²) in [6.45, 7) is 1.48. The lowest BCUT2D eigenvalue weighted by Gasteiger charge is -2.36. The van der Waals surface area contributed by atoms with Gasteiger partial charge >= 0.3 is 0 Å². The number of piperidine rings is 1. The third-order valence-corrected chi connectivity index (χ3v) is 4.18. The van der Waals surface area contributed by atoms with Crippen molar-refractivity contribution in [3.05, 3.63) is 69.6 Å². The van der Waals surface area contributed by atoms with Gasteiger partial charge in [0.1, 0.15) is 0 Å². The number of hydrogen-bond donors (Lipinski definition) is 1. The summed E-state index contributed by atoms with van der Waals surface area (Å²) in [5, 5.41) is 0. The predicted octanol–water partition coefficient (Wildman–Crippen LogP) is 3.38. The SMILES string of the molecule is O=c1ccc(C2CCCCN2Cc2ccc(F)c(F)c2)c[nH]1. The highest BCUT2D eigenvalue weighted by molar-refractivity contribution is 5.20. The molecule has 2 heterocycles. The van der Waals surface area contributed by atoms with Gasteiger partial charge in [0.25, 0.3) is 0 Å². The number of H-pyrrole nitrogens is 1. The molecule has 1 aromatic heterocycles. The van der Waals surface area contributed by atoms with Crippen LogP contribution in [0.3, 0.4) is 0 Å². The lowest BCUT2D eigenvalue weighted by molar-refractivity contribution is 0.140. The summed E-state index contributed by atoms with van der Waals surface area (Å²) in [5.74, 6) is -1.63. The van der Waals surface area contributed by atoms with Crippen LogP contribution >= 0.6 is 0 Å². The summed E-state index contributed by atoms with van der Waals surface area (Å²) in [5.41, 5.74) is 1.70. The van der Waals surface area contributed by atoms with Gasteiger partial charge in [-0.15, -0.1) is 0 Å². The van der Waals surface area contributed by atoms with E-state index in [1.54, 1.807) is 12.3 Å². The molecule has 3 rings (SSSR count). The standard InChI is InChI=1S/C17H18F2N2O/c18-14-6-4-12(9-15(14)19)11-21-8-2-1-3-16(21)13-5-7-17(22)20-10-13/h4-7,9-10,16H,1-3,8,11H2,(H,20,22). The van der Waals surface area contributed by atoms with Gasteiger partial charge in [0.15, 0.2) is 11.6 Å². The predicted molar refractivity (Wildman–Crippen MR) is 80.4 cm³/mol. The first-order valence-electron chi connectivity index (χ1n) is 7.50. The van der Waals surface area contributed by atoms with Crippen LogP contribution in [-0.2, 0) is 6.54 Å². The fourth-order valence-electron chi connectivity index (χ4n) is 3.06. The van der Waals surface area contributed by atoms with Gasteiger partial charge < -0.3 is 4.98 Å². The van der Waals surface area contributed by atoms with Crippen molar-refractivity contribution in [1.29, 1.82) is 0 Å². The van der Waals surface area contributed by atoms with Crippen LogP contribution in [0.1, 0.15) is 36.4 Å².